The summed E-state index contributed by atoms with van der Waals surface area (Å²) in [6.07, 6.45) is 0.680. The Balaban J connectivity index is 2.76. The van der Waals surface area contributed by atoms with Crippen LogP contribution in [0.1, 0.15) is 31.9 Å². The minimum atomic E-state index is -1.13. The Morgan fingerprint density at radius 1 is 1.33 bits per heavy atom. The first-order valence-corrected chi connectivity index (χ1v) is 6.12. The molecule has 1 rings (SSSR count). The summed E-state index contributed by atoms with van der Waals surface area (Å²) in [5, 5.41) is 12.1. The van der Waals surface area contributed by atoms with Crippen molar-refractivity contribution in [2.75, 3.05) is 0 Å². The van der Waals surface area contributed by atoms with Gasteiger partial charge in [0.15, 0.2) is 0 Å². The van der Waals surface area contributed by atoms with E-state index < -0.39 is 17.8 Å². The highest BCUT2D eigenvalue weighted by atomic mass is 35.5. The number of halogens is 1. The lowest BCUT2D eigenvalue weighted by atomic mass is 10.0. The van der Waals surface area contributed by atoms with E-state index in [1.165, 1.54) is 6.92 Å². The molecule has 0 radical (unpaired) electrons. The molecule has 98 valence electrons. The van der Waals surface area contributed by atoms with Gasteiger partial charge in [-0.05, 0) is 31.0 Å². The molecule has 0 fully saturated rings. The van der Waals surface area contributed by atoms with Crippen LogP contribution in [0.3, 0.4) is 0 Å². The van der Waals surface area contributed by atoms with Gasteiger partial charge in [0.05, 0.1) is 6.04 Å². The number of carbonyl (C=O) groups excluding carboxylic acids is 1. The second-order valence-corrected chi connectivity index (χ2v) is 4.52. The summed E-state index contributed by atoms with van der Waals surface area (Å²) in [4.78, 5) is 22.4. The van der Waals surface area contributed by atoms with Crippen molar-refractivity contribution >= 4 is 23.5 Å². The second kappa shape index (κ2) is 6.40. The van der Waals surface area contributed by atoms with Crippen LogP contribution in [0.25, 0.3) is 0 Å². The van der Waals surface area contributed by atoms with Crippen molar-refractivity contribution in [1.29, 1.82) is 0 Å². The maximum Gasteiger partial charge on any atom is 0.315 e. The van der Waals surface area contributed by atoms with Crippen LogP contribution in [0, 0.1) is 5.92 Å². The van der Waals surface area contributed by atoms with Crippen LogP contribution in [0.2, 0.25) is 5.02 Å². The summed E-state index contributed by atoms with van der Waals surface area (Å²) in [7, 11) is 0. The number of carboxylic acid groups (broad SMARTS) is 1. The fourth-order valence-corrected chi connectivity index (χ4v) is 1.65. The van der Waals surface area contributed by atoms with Gasteiger partial charge in [0.2, 0.25) is 5.91 Å². The molecule has 2 N–H and O–H groups in total. The molecule has 0 bridgehead atoms. The lowest BCUT2D eigenvalue weighted by Crippen LogP contribution is -2.36. The van der Waals surface area contributed by atoms with Crippen LogP contribution in [-0.4, -0.2) is 17.0 Å². The largest absolute Gasteiger partial charge is 0.481 e. The molecule has 5 heteroatoms. The van der Waals surface area contributed by atoms with Gasteiger partial charge in [-0.1, -0.05) is 30.7 Å². The molecule has 0 aromatic heterocycles. The highest BCUT2D eigenvalue weighted by Crippen LogP contribution is 2.19. The Labute approximate surface area is 111 Å². The van der Waals surface area contributed by atoms with Gasteiger partial charge < -0.3 is 10.4 Å². The van der Waals surface area contributed by atoms with Gasteiger partial charge in [0, 0.05) is 5.02 Å². The smallest absolute Gasteiger partial charge is 0.315 e. The van der Waals surface area contributed by atoms with Crippen LogP contribution in [0.15, 0.2) is 24.3 Å². The average molecular weight is 270 g/mol. The molecule has 18 heavy (non-hydrogen) atoms. The number of carbonyl (C=O) groups is 2. The maximum atomic E-state index is 11.7. The van der Waals surface area contributed by atoms with Crippen molar-refractivity contribution < 1.29 is 14.7 Å². The standard InChI is InChI=1S/C13H16ClNO3/c1-3-11(9-4-6-10(14)7-5-9)15-12(16)8(2)13(17)18/h4-8,11H,3H2,1-2H3,(H,15,16)(H,17,18). The van der Waals surface area contributed by atoms with Crippen molar-refractivity contribution in [1.82, 2.24) is 5.32 Å². The van der Waals surface area contributed by atoms with Gasteiger partial charge in [0.25, 0.3) is 0 Å². The number of nitrogens with one attached hydrogen (secondary N) is 1. The van der Waals surface area contributed by atoms with E-state index in [1.54, 1.807) is 12.1 Å². The number of carboxylic acids is 1. The molecule has 0 heterocycles. The molecule has 0 aliphatic rings. The summed E-state index contributed by atoms with van der Waals surface area (Å²) in [5.74, 6) is -2.66. The molecule has 4 nitrogen and oxygen atoms in total. The van der Waals surface area contributed by atoms with Crippen molar-refractivity contribution in [3.8, 4) is 0 Å². The lowest BCUT2D eigenvalue weighted by Gasteiger charge is -2.19. The molecule has 2 unspecified atom stereocenters. The lowest BCUT2D eigenvalue weighted by molar-refractivity contribution is -0.146. The minimum absolute atomic E-state index is 0.198. The molecule has 0 saturated heterocycles. The van der Waals surface area contributed by atoms with Crippen LogP contribution in [0.5, 0.6) is 0 Å². The Hall–Kier alpha value is -1.55. The quantitative estimate of drug-likeness (QED) is 0.808. The summed E-state index contributed by atoms with van der Waals surface area (Å²) in [5.41, 5.74) is 0.910. The molecule has 1 aromatic carbocycles. The predicted molar refractivity (Wildman–Crippen MR) is 69.4 cm³/mol. The van der Waals surface area contributed by atoms with Gasteiger partial charge in [-0.25, -0.2) is 0 Å². The van der Waals surface area contributed by atoms with Crippen LogP contribution >= 0.6 is 11.6 Å². The van der Waals surface area contributed by atoms with Crippen molar-refractivity contribution in [3.05, 3.63) is 34.9 Å². The molecule has 0 spiro atoms. The number of benzene rings is 1. The number of aliphatic carboxylic acids is 1. The first kappa shape index (κ1) is 14.5. The van der Waals surface area contributed by atoms with E-state index >= 15 is 0 Å². The Morgan fingerprint density at radius 2 is 1.89 bits per heavy atom. The molecule has 1 aromatic rings. The topological polar surface area (TPSA) is 66.4 Å². The number of amides is 1. The Kier molecular flexibility index (Phi) is 5.16. The third kappa shape index (κ3) is 3.74. The third-order valence-corrected chi connectivity index (χ3v) is 3.01. The van der Waals surface area contributed by atoms with Crippen LogP contribution in [0.4, 0.5) is 0 Å². The predicted octanol–water partition coefficient (Wildman–Crippen LogP) is 2.63. The molecule has 0 saturated carbocycles. The van der Waals surface area contributed by atoms with Crippen LogP contribution < -0.4 is 5.32 Å². The number of hydrogen-bond donors (Lipinski definition) is 2. The Morgan fingerprint density at radius 3 is 2.33 bits per heavy atom. The zero-order valence-corrected chi connectivity index (χ0v) is 11.1. The van der Waals surface area contributed by atoms with Crippen molar-refractivity contribution in [3.63, 3.8) is 0 Å². The van der Waals surface area contributed by atoms with Gasteiger partial charge in [0.1, 0.15) is 5.92 Å². The average Bonchev–Trinajstić information content (AvgIpc) is 2.35. The number of rotatable bonds is 5. The summed E-state index contributed by atoms with van der Waals surface area (Å²) < 4.78 is 0. The van der Waals surface area contributed by atoms with E-state index in [9.17, 15) is 9.59 Å². The minimum Gasteiger partial charge on any atom is -0.481 e. The number of hydrogen-bond acceptors (Lipinski definition) is 2. The summed E-state index contributed by atoms with van der Waals surface area (Å²) >= 11 is 5.79. The second-order valence-electron chi connectivity index (χ2n) is 4.08. The van der Waals surface area contributed by atoms with Gasteiger partial charge in [-0.3, -0.25) is 9.59 Å². The van der Waals surface area contributed by atoms with Gasteiger partial charge in [-0.15, -0.1) is 0 Å². The Bertz CT molecular complexity index is 430. The van der Waals surface area contributed by atoms with E-state index in [0.717, 1.165) is 5.56 Å². The van der Waals surface area contributed by atoms with Crippen LogP contribution in [-0.2, 0) is 9.59 Å². The zero-order valence-electron chi connectivity index (χ0n) is 10.3. The van der Waals surface area contributed by atoms with E-state index in [4.69, 9.17) is 16.7 Å². The fraction of sp³-hybridized carbons (Fsp3) is 0.385. The highest BCUT2D eigenvalue weighted by Gasteiger charge is 2.23. The monoisotopic (exact) mass is 269 g/mol. The fourth-order valence-electron chi connectivity index (χ4n) is 1.53. The molecule has 0 aliphatic carbocycles. The van der Waals surface area contributed by atoms with Gasteiger partial charge in [-0.2, -0.15) is 0 Å². The van der Waals surface area contributed by atoms with Crippen molar-refractivity contribution in [2.45, 2.75) is 26.3 Å². The van der Waals surface area contributed by atoms with E-state index in [2.05, 4.69) is 5.32 Å². The van der Waals surface area contributed by atoms with Crippen molar-refractivity contribution in [2.24, 2.45) is 5.92 Å². The van der Waals surface area contributed by atoms with E-state index in [1.807, 2.05) is 19.1 Å². The van der Waals surface area contributed by atoms with E-state index in [0.29, 0.717) is 11.4 Å². The van der Waals surface area contributed by atoms with E-state index in [-0.39, 0.29) is 6.04 Å². The molecule has 1 amide bonds. The molecule has 2 atom stereocenters. The highest BCUT2D eigenvalue weighted by molar-refractivity contribution is 6.30. The first-order valence-electron chi connectivity index (χ1n) is 5.74. The van der Waals surface area contributed by atoms with Gasteiger partial charge >= 0.3 is 5.97 Å². The molecular weight excluding hydrogens is 254 g/mol. The normalized spacial score (nSPS) is 13.7. The summed E-state index contributed by atoms with van der Waals surface area (Å²) in [6, 6.07) is 6.93. The zero-order chi connectivity index (χ0) is 13.7. The SMILES string of the molecule is CCC(NC(=O)C(C)C(=O)O)c1ccc(Cl)cc1. The summed E-state index contributed by atoms with van der Waals surface area (Å²) in [6.45, 7) is 3.29. The molecular formula is C13H16ClNO3. The first-order chi connectivity index (χ1) is 8.45. The third-order valence-electron chi connectivity index (χ3n) is 2.76. The molecule has 0 aliphatic heterocycles. The maximum absolute atomic E-state index is 11.7.